The lowest BCUT2D eigenvalue weighted by atomic mass is 9.61. The van der Waals surface area contributed by atoms with Crippen molar-refractivity contribution in [2.24, 2.45) is 10.8 Å². The summed E-state index contributed by atoms with van der Waals surface area (Å²) < 4.78 is 13.1. The highest BCUT2D eigenvalue weighted by molar-refractivity contribution is 5.77. The van der Waals surface area contributed by atoms with Crippen molar-refractivity contribution in [3.63, 3.8) is 0 Å². The minimum atomic E-state index is -0.600. The quantitative estimate of drug-likeness (QED) is 0.549. The van der Waals surface area contributed by atoms with Crippen LogP contribution in [0.25, 0.3) is 0 Å². The van der Waals surface area contributed by atoms with E-state index in [1.807, 2.05) is 58.9 Å². The van der Waals surface area contributed by atoms with Crippen LogP contribution >= 0.6 is 0 Å². The van der Waals surface area contributed by atoms with E-state index in [1.165, 1.54) is 20.0 Å². The molecule has 9 nitrogen and oxygen atoms in total. The average Bonchev–Trinajstić information content (AvgIpc) is 3.51. The highest BCUT2D eigenvalue weighted by Gasteiger charge is 2.55. The summed E-state index contributed by atoms with van der Waals surface area (Å²) in [7, 11) is 1.42. The third kappa shape index (κ3) is 4.33. The van der Waals surface area contributed by atoms with Gasteiger partial charge in [-0.3, -0.25) is 4.79 Å². The van der Waals surface area contributed by atoms with Crippen LogP contribution in [-0.4, -0.2) is 76.0 Å². The van der Waals surface area contributed by atoms with Gasteiger partial charge in [-0.05, 0) is 63.6 Å². The Labute approximate surface area is 211 Å². The summed E-state index contributed by atoms with van der Waals surface area (Å²) in [6, 6.07) is 8.38. The van der Waals surface area contributed by atoms with Gasteiger partial charge in [0.2, 0.25) is 0 Å². The van der Waals surface area contributed by atoms with E-state index in [1.54, 1.807) is 0 Å². The molecule has 2 saturated heterocycles. The fourth-order valence-corrected chi connectivity index (χ4v) is 5.93. The van der Waals surface area contributed by atoms with Gasteiger partial charge in [0, 0.05) is 24.4 Å². The number of urea groups is 1. The first-order valence-corrected chi connectivity index (χ1v) is 13.0. The molecule has 3 heterocycles. The largest absolute Gasteiger partial charge is 0.487 e. The zero-order chi connectivity index (χ0) is 25.1. The molecule has 36 heavy (non-hydrogen) atoms. The molecule has 1 aromatic heterocycles. The van der Waals surface area contributed by atoms with Crippen molar-refractivity contribution in [2.75, 3.05) is 33.3 Å². The number of esters is 1. The Morgan fingerprint density at radius 1 is 1.14 bits per heavy atom. The van der Waals surface area contributed by atoms with E-state index in [-0.39, 0.29) is 23.5 Å². The summed E-state index contributed by atoms with van der Waals surface area (Å²) in [6.07, 6.45) is 7.07. The summed E-state index contributed by atoms with van der Waals surface area (Å²) in [5.41, 5.74) is 0.691. The molecule has 4 fully saturated rings. The van der Waals surface area contributed by atoms with Gasteiger partial charge in [0.15, 0.2) is 5.82 Å². The number of hydrogen-bond acceptors (Lipinski definition) is 6. The predicted molar refractivity (Wildman–Crippen MR) is 132 cm³/mol. The van der Waals surface area contributed by atoms with Gasteiger partial charge < -0.3 is 19.3 Å². The molecule has 9 heteroatoms. The van der Waals surface area contributed by atoms with E-state index in [2.05, 4.69) is 10.1 Å². The monoisotopic (exact) mass is 493 g/mol. The molecule has 0 bridgehead atoms. The fraction of sp³-hybridized carbons (Fsp3) is 0.630. The van der Waals surface area contributed by atoms with E-state index in [9.17, 15) is 9.59 Å². The number of methoxy groups -OCH3 is 1. The fourth-order valence-electron chi connectivity index (χ4n) is 5.93. The van der Waals surface area contributed by atoms with Crippen molar-refractivity contribution in [1.29, 1.82) is 0 Å². The number of aromatic nitrogens is 3. The summed E-state index contributed by atoms with van der Waals surface area (Å²) in [5.74, 6) is 2.14. The average molecular weight is 494 g/mol. The topological polar surface area (TPSA) is 89.8 Å². The maximum absolute atomic E-state index is 12.9. The molecule has 1 spiro atoms. The maximum atomic E-state index is 12.9. The van der Waals surface area contributed by atoms with Gasteiger partial charge in [-0.1, -0.05) is 12.1 Å². The van der Waals surface area contributed by atoms with Gasteiger partial charge in [0.1, 0.15) is 18.2 Å². The van der Waals surface area contributed by atoms with E-state index in [0.717, 1.165) is 43.1 Å². The number of carbonyl (C=O) groups is 2. The second kappa shape index (κ2) is 8.49. The molecule has 2 aliphatic carbocycles. The third-order valence-electron chi connectivity index (χ3n) is 8.21. The Morgan fingerprint density at radius 3 is 2.58 bits per heavy atom. The van der Waals surface area contributed by atoms with Crippen LogP contribution in [0.1, 0.15) is 62.9 Å². The molecule has 6 rings (SSSR count). The molecular weight excluding hydrogens is 458 g/mol. The molecule has 0 N–H and O–H groups in total. The second-order valence-electron chi connectivity index (χ2n) is 11.9. The highest BCUT2D eigenvalue weighted by Crippen LogP contribution is 2.54. The summed E-state index contributed by atoms with van der Waals surface area (Å²) in [6.45, 7) is 6.65. The van der Waals surface area contributed by atoms with Crippen LogP contribution in [0, 0.1) is 10.8 Å². The van der Waals surface area contributed by atoms with Gasteiger partial charge in [-0.25, -0.2) is 14.5 Å². The number of hydrogen-bond donors (Lipinski definition) is 0. The summed E-state index contributed by atoms with van der Waals surface area (Å²) in [5, 5.41) is 4.68. The van der Waals surface area contributed by atoms with Crippen LogP contribution in [0.3, 0.4) is 0 Å². The van der Waals surface area contributed by atoms with Crippen LogP contribution in [0.4, 0.5) is 4.79 Å². The smallest absolute Gasteiger partial charge is 0.320 e. The second-order valence-corrected chi connectivity index (χ2v) is 11.9. The first-order chi connectivity index (χ1) is 17.2. The molecular formula is C27H35N5O4. The molecule has 0 radical (unpaired) electrons. The van der Waals surface area contributed by atoms with E-state index in [0.29, 0.717) is 31.5 Å². The summed E-state index contributed by atoms with van der Waals surface area (Å²) in [4.78, 5) is 33.2. The van der Waals surface area contributed by atoms with E-state index in [4.69, 9.17) is 9.47 Å². The van der Waals surface area contributed by atoms with Gasteiger partial charge in [0.05, 0.1) is 31.7 Å². The van der Waals surface area contributed by atoms with Gasteiger partial charge in [0.25, 0.3) is 0 Å². The molecule has 0 atom stereocenters. The zero-order valence-corrected chi connectivity index (χ0v) is 21.4. The number of amides is 2. The first-order valence-electron chi connectivity index (χ1n) is 13.0. The lowest BCUT2D eigenvalue weighted by Gasteiger charge is -2.59. The Kier molecular flexibility index (Phi) is 5.50. The Hall–Kier alpha value is -3.10. The lowest BCUT2D eigenvalue weighted by Crippen LogP contribution is -2.69. The van der Waals surface area contributed by atoms with Crippen molar-refractivity contribution < 1.29 is 19.1 Å². The number of benzene rings is 1. The summed E-state index contributed by atoms with van der Waals surface area (Å²) >= 11 is 0. The Bertz CT molecular complexity index is 1150. The Morgan fingerprint density at radius 2 is 1.89 bits per heavy atom. The minimum Gasteiger partial charge on any atom is -0.487 e. The zero-order valence-electron chi connectivity index (χ0n) is 21.4. The van der Waals surface area contributed by atoms with Crippen molar-refractivity contribution in [3.05, 3.63) is 42.0 Å². The molecule has 2 aliphatic heterocycles. The Balaban J connectivity index is 0.939. The van der Waals surface area contributed by atoms with Gasteiger partial charge >= 0.3 is 12.0 Å². The van der Waals surface area contributed by atoms with Crippen LogP contribution in [0.15, 0.2) is 30.6 Å². The van der Waals surface area contributed by atoms with Crippen molar-refractivity contribution in [3.8, 4) is 5.75 Å². The number of rotatable bonds is 7. The maximum Gasteiger partial charge on any atom is 0.320 e. The normalized spacial score (nSPS) is 21.5. The molecule has 1 aromatic carbocycles. The van der Waals surface area contributed by atoms with Crippen molar-refractivity contribution in [1.82, 2.24) is 24.6 Å². The van der Waals surface area contributed by atoms with Crippen LogP contribution in [0.5, 0.6) is 5.75 Å². The third-order valence-corrected chi connectivity index (χ3v) is 8.21. The van der Waals surface area contributed by atoms with Crippen LogP contribution < -0.4 is 4.74 Å². The van der Waals surface area contributed by atoms with E-state index < -0.39 is 5.41 Å². The van der Waals surface area contributed by atoms with Crippen LogP contribution in [-0.2, 0) is 16.0 Å². The van der Waals surface area contributed by atoms with Gasteiger partial charge in [-0.15, -0.1) is 0 Å². The minimum absolute atomic E-state index is 0.00545. The van der Waals surface area contributed by atoms with Crippen molar-refractivity contribution >= 4 is 12.0 Å². The molecule has 0 unspecified atom stereocenters. The highest BCUT2D eigenvalue weighted by atomic mass is 16.5. The van der Waals surface area contributed by atoms with Crippen molar-refractivity contribution in [2.45, 2.75) is 64.0 Å². The SMILES string of the molecule is COC(=O)C(C)(C)Cc1cccc(OC2CN(C(=O)N3CC4(CC(n5cnc(C6CC6)n5)C4)C3)C2)c1. The first kappa shape index (κ1) is 23.3. The standard InChI is InChI=1S/C27H35N5O4/c1-26(2,24(33)35-3)10-18-5-4-6-21(9-18)36-22-13-30(14-22)25(34)31-15-27(16-31)11-20(12-27)32-17-28-23(29-32)19-7-8-19/h4-6,9,17,19-20,22H,7-8,10-16H2,1-3H3. The lowest BCUT2D eigenvalue weighted by molar-refractivity contribution is -0.150. The number of ether oxygens (including phenoxy) is 2. The molecule has 4 aliphatic rings. The number of likely N-dealkylation sites (tertiary alicyclic amines) is 2. The molecule has 2 amide bonds. The molecule has 2 saturated carbocycles. The predicted octanol–water partition coefficient (Wildman–Crippen LogP) is 3.42. The molecule has 2 aromatic rings. The van der Waals surface area contributed by atoms with Gasteiger partial charge in [-0.2, -0.15) is 5.10 Å². The van der Waals surface area contributed by atoms with Crippen LogP contribution in [0.2, 0.25) is 0 Å². The number of nitrogens with zero attached hydrogens (tertiary/aromatic N) is 5. The van der Waals surface area contributed by atoms with E-state index >= 15 is 0 Å². The number of carbonyl (C=O) groups excluding carboxylic acids is 2. The molecule has 192 valence electrons.